The predicted molar refractivity (Wildman–Crippen MR) is 96.2 cm³/mol. The molecule has 3 aromatic rings. The predicted octanol–water partition coefficient (Wildman–Crippen LogP) is 4.40. The van der Waals surface area contributed by atoms with Gasteiger partial charge in [-0.15, -0.1) is 0 Å². The van der Waals surface area contributed by atoms with E-state index >= 15 is 0 Å². The number of nitrogens with zero attached hydrogens (tertiary/aromatic N) is 3. The summed E-state index contributed by atoms with van der Waals surface area (Å²) in [7, 11) is 0. The van der Waals surface area contributed by atoms with Crippen LogP contribution < -0.4 is 0 Å². The van der Waals surface area contributed by atoms with Crippen LogP contribution in [-0.2, 0) is 17.5 Å². The van der Waals surface area contributed by atoms with Crippen molar-refractivity contribution < 1.29 is 23.1 Å². The first-order valence-electron chi connectivity index (χ1n) is 8.16. The second-order valence-electron chi connectivity index (χ2n) is 6.27. The molecule has 0 aliphatic rings. The maximum absolute atomic E-state index is 13.1. The highest BCUT2D eigenvalue weighted by Gasteiger charge is 2.30. The summed E-state index contributed by atoms with van der Waals surface area (Å²) in [6.45, 7) is 1.70. The van der Waals surface area contributed by atoms with E-state index in [1.54, 1.807) is 42.0 Å². The maximum Gasteiger partial charge on any atom is 0.416 e. The molecule has 2 aromatic heterocycles. The lowest BCUT2D eigenvalue weighted by molar-refractivity contribution is -0.137. The Labute approximate surface area is 158 Å². The Morgan fingerprint density at radius 3 is 2.75 bits per heavy atom. The molecular formula is C20H14F3N3O2. The molecule has 0 unspecified atom stereocenters. The number of fused-ring (bicyclic) bond motifs is 1. The van der Waals surface area contributed by atoms with Crippen LogP contribution in [0.5, 0.6) is 0 Å². The van der Waals surface area contributed by atoms with E-state index in [4.69, 9.17) is 10.4 Å². The molecule has 0 saturated heterocycles. The Bertz CT molecular complexity index is 1140. The van der Waals surface area contributed by atoms with Crippen LogP contribution in [0.15, 0.2) is 48.3 Å². The van der Waals surface area contributed by atoms with Crippen molar-refractivity contribution in [1.82, 2.24) is 9.55 Å². The highest BCUT2D eigenvalue weighted by atomic mass is 19.4. The van der Waals surface area contributed by atoms with Gasteiger partial charge in [-0.3, -0.25) is 0 Å². The van der Waals surface area contributed by atoms with E-state index in [0.29, 0.717) is 27.7 Å². The molecule has 0 spiro atoms. The minimum atomic E-state index is -4.45. The number of hydrogen-bond acceptors (Lipinski definition) is 3. The number of nitriles is 1. The van der Waals surface area contributed by atoms with Crippen molar-refractivity contribution in [2.45, 2.75) is 19.6 Å². The summed E-state index contributed by atoms with van der Waals surface area (Å²) in [6.07, 6.45) is -0.116. The topological polar surface area (TPSA) is 78.9 Å². The quantitative estimate of drug-likeness (QED) is 0.533. The highest BCUT2D eigenvalue weighted by molar-refractivity contribution is 5.99. The summed E-state index contributed by atoms with van der Waals surface area (Å²) in [6, 6.07) is 8.79. The van der Waals surface area contributed by atoms with Gasteiger partial charge in [0.2, 0.25) is 0 Å². The number of carbonyl (C=O) groups is 1. The number of halogens is 3. The van der Waals surface area contributed by atoms with Gasteiger partial charge in [-0.05, 0) is 42.8 Å². The van der Waals surface area contributed by atoms with Crippen molar-refractivity contribution in [1.29, 1.82) is 5.26 Å². The van der Waals surface area contributed by atoms with Crippen LogP contribution in [0.25, 0.3) is 17.1 Å². The van der Waals surface area contributed by atoms with Crippen molar-refractivity contribution in [3.05, 3.63) is 70.6 Å². The molecule has 8 heteroatoms. The molecule has 28 heavy (non-hydrogen) atoms. The molecule has 142 valence electrons. The smallest absolute Gasteiger partial charge is 0.416 e. The molecule has 1 N–H and O–H groups in total. The number of aromatic nitrogens is 2. The Morgan fingerprint density at radius 2 is 2.11 bits per heavy atom. The molecule has 3 rings (SSSR count). The van der Waals surface area contributed by atoms with Crippen LogP contribution >= 0.6 is 0 Å². The van der Waals surface area contributed by atoms with E-state index in [-0.39, 0.29) is 6.54 Å². The third-order valence-corrected chi connectivity index (χ3v) is 4.13. The van der Waals surface area contributed by atoms with Gasteiger partial charge in [-0.1, -0.05) is 11.6 Å². The van der Waals surface area contributed by atoms with Crippen molar-refractivity contribution in [3.8, 4) is 6.07 Å². The molecule has 1 aromatic carbocycles. The number of aliphatic carboxylic acids is 1. The molecule has 0 amide bonds. The molecule has 0 radical (unpaired) electrons. The van der Waals surface area contributed by atoms with Gasteiger partial charge >= 0.3 is 12.1 Å². The second-order valence-corrected chi connectivity index (χ2v) is 6.27. The molecule has 5 nitrogen and oxygen atoms in total. The SMILES string of the molecule is Cc1cc(Cn2cc(/C=C(\C#N)C(=O)O)c3cccnc32)cc(C(F)(F)F)c1. The Balaban J connectivity index is 2.10. The summed E-state index contributed by atoms with van der Waals surface area (Å²) in [4.78, 5) is 15.4. The summed E-state index contributed by atoms with van der Waals surface area (Å²) in [5.74, 6) is -1.36. The number of carboxylic acid groups (broad SMARTS) is 1. The zero-order chi connectivity index (χ0) is 20.5. The number of aryl methyl sites for hydroxylation is 1. The minimum Gasteiger partial charge on any atom is -0.477 e. The van der Waals surface area contributed by atoms with Crippen LogP contribution in [0.2, 0.25) is 0 Å². The Morgan fingerprint density at radius 1 is 1.36 bits per heavy atom. The Kier molecular flexibility index (Phi) is 4.92. The zero-order valence-corrected chi connectivity index (χ0v) is 14.7. The van der Waals surface area contributed by atoms with Gasteiger partial charge in [0.25, 0.3) is 0 Å². The van der Waals surface area contributed by atoms with Gasteiger partial charge in [-0.25, -0.2) is 9.78 Å². The van der Waals surface area contributed by atoms with Crippen molar-refractivity contribution in [2.75, 3.05) is 0 Å². The molecule has 0 fully saturated rings. The van der Waals surface area contributed by atoms with Gasteiger partial charge < -0.3 is 9.67 Å². The monoisotopic (exact) mass is 385 g/mol. The normalized spacial score (nSPS) is 12.2. The van der Waals surface area contributed by atoms with Gasteiger partial charge in [0.05, 0.1) is 5.56 Å². The van der Waals surface area contributed by atoms with E-state index in [1.807, 2.05) is 0 Å². The number of pyridine rings is 1. The van der Waals surface area contributed by atoms with E-state index in [0.717, 1.165) is 12.1 Å². The van der Waals surface area contributed by atoms with Crippen LogP contribution in [0.1, 0.15) is 22.3 Å². The van der Waals surface area contributed by atoms with E-state index in [2.05, 4.69) is 4.98 Å². The molecular weight excluding hydrogens is 371 g/mol. The highest BCUT2D eigenvalue weighted by Crippen LogP contribution is 2.31. The van der Waals surface area contributed by atoms with Gasteiger partial charge in [0.15, 0.2) is 0 Å². The third-order valence-electron chi connectivity index (χ3n) is 4.13. The lowest BCUT2D eigenvalue weighted by Gasteiger charge is -2.11. The van der Waals surface area contributed by atoms with Crippen LogP contribution in [-0.4, -0.2) is 20.6 Å². The van der Waals surface area contributed by atoms with Gasteiger partial charge in [0.1, 0.15) is 17.3 Å². The van der Waals surface area contributed by atoms with E-state index < -0.39 is 23.3 Å². The van der Waals surface area contributed by atoms with Crippen LogP contribution in [0.4, 0.5) is 13.2 Å². The standard InChI is InChI=1S/C20H14F3N3O2/c1-12-5-13(7-16(6-12)20(21,22)23)10-26-11-15(8-14(9-24)19(27)28)17-3-2-4-25-18(17)26/h2-8,11H,10H2,1H3,(H,27,28)/b14-8+. The average molecular weight is 385 g/mol. The second kappa shape index (κ2) is 7.19. The lowest BCUT2D eigenvalue weighted by atomic mass is 10.1. The minimum absolute atomic E-state index is 0.112. The fourth-order valence-electron chi connectivity index (χ4n) is 3.00. The lowest BCUT2D eigenvalue weighted by Crippen LogP contribution is -2.07. The first kappa shape index (κ1) is 19.2. The molecule has 0 saturated carbocycles. The first-order chi connectivity index (χ1) is 13.2. The van der Waals surface area contributed by atoms with E-state index in [9.17, 15) is 18.0 Å². The summed E-state index contributed by atoms with van der Waals surface area (Å²) in [5, 5.41) is 18.6. The zero-order valence-electron chi connectivity index (χ0n) is 14.7. The van der Waals surface area contributed by atoms with Crippen LogP contribution in [0, 0.1) is 18.3 Å². The van der Waals surface area contributed by atoms with Gasteiger partial charge in [0, 0.05) is 29.9 Å². The first-order valence-corrected chi connectivity index (χ1v) is 8.16. The molecule has 2 heterocycles. The van der Waals surface area contributed by atoms with Crippen molar-refractivity contribution in [2.24, 2.45) is 0 Å². The maximum atomic E-state index is 13.1. The van der Waals surface area contributed by atoms with Crippen molar-refractivity contribution in [3.63, 3.8) is 0 Å². The average Bonchev–Trinajstić information content (AvgIpc) is 2.96. The number of alkyl halides is 3. The molecule has 0 atom stereocenters. The number of rotatable bonds is 4. The number of benzene rings is 1. The van der Waals surface area contributed by atoms with E-state index in [1.165, 1.54) is 12.3 Å². The molecule has 0 aliphatic carbocycles. The fourth-order valence-corrected chi connectivity index (χ4v) is 3.00. The van der Waals surface area contributed by atoms with Gasteiger partial charge in [-0.2, -0.15) is 18.4 Å². The third kappa shape index (κ3) is 3.88. The number of carboxylic acids is 1. The van der Waals surface area contributed by atoms with Crippen LogP contribution in [0.3, 0.4) is 0 Å². The Hall–Kier alpha value is -3.60. The number of hydrogen-bond donors (Lipinski definition) is 1. The summed E-state index contributed by atoms with van der Waals surface area (Å²) in [5.41, 5.74) is 0.663. The molecule has 0 bridgehead atoms. The molecule has 0 aliphatic heterocycles. The summed E-state index contributed by atoms with van der Waals surface area (Å²) < 4.78 is 40.9. The fraction of sp³-hybridized carbons (Fsp3) is 0.150. The van der Waals surface area contributed by atoms with Crippen molar-refractivity contribution >= 4 is 23.1 Å². The largest absolute Gasteiger partial charge is 0.477 e. The summed E-state index contributed by atoms with van der Waals surface area (Å²) >= 11 is 0.